The molecule has 0 bridgehead atoms. The molecule has 0 aliphatic carbocycles. The van der Waals surface area contributed by atoms with Crippen LogP contribution in [0.4, 0.5) is 4.79 Å². The second-order valence-electron chi connectivity index (χ2n) is 9.37. The van der Waals surface area contributed by atoms with Gasteiger partial charge >= 0.3 is 13.2 Å². The van der Waals surface area contributed by atoms with Gasteiger partial charge in [-0.25, -0.2) is 4.79 Å². The van der Waals surface area contributed by atoms with Gasteiger partial charge in [0.2, 0.25) is 0 Å². The summed E-state index contributed by atoms with van der Waals surface area (Å²) in [7, 11) is -0.515. The first-order valence-corrected chi connectivity index (χ1v) is 9.53. The fraction of sp³-hybridized carbons (Fsp3) is 0.737. The normalized spacial score (nSPS) is 24.3. The van der Waals surface area contributed by atoms with E-state index in [1.807, 2.05) is 48.5 Å². The summed E-state index contributed by atoms with van der Waals surface area (Å²) in [6.07, 6.45) is 4.06. The molecule has 8 heteroatoms. The molecule has 1 atom stereocenters. The standard InChI is InChI=1S/C19H30BN3O4/c1-17(2,3)25-16(24)23-9-8-13(12-23)14-10-22-15(11-21-14)20-26-18(4,5)19(6,7)27-20/h10-11,13H,8-9,12H2,1-7H3. The van der Waals surface area contributed by atoms with Gasteiger partial charge in [-0.2, -0.15) is 0 Å². The summed E-state index contributed by atoms with van der Waals surface area (Å²) in [6.45, 7) is 14.9. The third-order valence-electron chi connectivity index (χ3n) is 5.44. The third kappa shape index (κ3) is 4.27. The molecule has 2 aliphatic heterocycles. The van der Waals surface area contributed by atoms with Crippen molar-refractivity contribution >= 4 is 18.8 Å². The Hall–Kier alpha value is -1.67. The maximum atomic E-state index is 12.2. The van der Waals surface area contributed by atoms with Gasteiger partial charge in [0, 0.05) is 31.4 Å². The molecule has 0 saturated carbocycles. The molecule has 2 aliphatic rings. The van der Waals surface area contributed by atoms with E-state index >= 15 is 0 Å². The smallest absolute Gasteiger partial charge is 0.444 e. The summed E-state index contributed by atoms with van der Waals surface area (Å²) < 4.78 is 17.5. The van der Waals surface area contributed by atoms with Crippen molar-refractivity contribution in [2.75, 3.05) is 13.1 Å². The number of aromatic nitrogens is 2. The number of hydrogen-bond donors (Lipinski definition) is 0. The van der Waals surface area contributed by atoms with Crippen LogP contribution in [0.1, 0.15) is 66.5 Å². The molecule has 0 N–H and O–H groups in total. The van der Waals surface area contributed by atoms with Crippen molar-refractivity contribution in [2.45, 2.75) is 77.6 Å². The Labute approximate surface area is 161 Å². The van der Waals surface area contributed by atoms with Crippen LogP contribution in [0.25, 0.3) is 0 Å². The molecule has 7 nitrogen and oxygen atoms in total. The van der Waals surface area contributed by atoms with Gasteiger partial charge in [0.1, 0.15) is 5.60 Å². The van der Waals surface area contributed by atoms with E-state index in [-0.39, 0.29) is 12.0 Å². The van der Waals surface area contributed by atoms with Gasteiger partial charge in [-0.1, -0.05) is 0 Å². The number of nitrogens with zero attached hydrogens (tertiary/aromatic N) is 3. The highest BCUT2D eigenvalue weighted by molar-refractivity contribution is 6.61. The zero-order chi connectivity index (χ0) is 20.0. The minimum Gasteiger partial charge on any atom is -0.444 e. The second-order valence-corrected chi connectivity index (χ2v) is 9.37. The second kappa shape index (κ2) is 6.74. The molecule has 3 heterocycles. The Bertz CT molecular complexity index is 684. The molecule has 1 unspecified atom stereocenters. The molecule has 0 aromatic carbocycles. The Morgan fingerprint density at radius 2 is 1.81 bits per heavy atom. The van der Waals surface area contributed by atoms with Gasteiger partial charge in [0.05, 0.1) is 22.5 Å². The van der Waals surface area contributed by atoms with Gasteiger partial charge in [-0.15, -0.1) is 0 Å². The fourth-order valence-corrected chi connectivity index (χ4v) is 3.14. The lowest BCUT2D eigenvalue weighted by Crippen LogP contribution is -2.41. The number of amides is 1. The highest BCUT2D eigenvalue weighted by Crippen LogP contribution is 2.36. The van der Waals surface area contributed by atoms with Crippen molar-refractivity contribution in [3.8, 4) is 0 Å². The Balaban J connectivity index is 1.63. The van der Waals surface area contributed by atoms with Crippen LogP contribution in [0, 0.1) is 0 Å². The van der Waals surface area contributed by atoms with Crippen LogP contribution in [0.15, 0.2) is 12.4 Å². The molecule has 148 valence electrons. The number of carbonyl (C=O) groups is 1. The quantitative estimate of drug-likeness (QED) is 0.740. The highest BCUT2D eigenvalue weighted by Gasteiger charge is 2.52. The van der Waals surface area contributed by atoms with E-state index in [1.165, 1.54) is 0 Å². The molecular formula is C19H30BN3O4. The van der Waals surface area contributed by atoms with Crippen molar-refractivity contribution in [2.24, 2.45) is 0 Å². The van der Waals surface area contributed by atoms with E-state index in [9.17, 15) is 4.79 Å². The molecular weight excluding hydrogens is 345 g/mol. The van der Waals surface area contributed by atoms with Crippen molar-refractivity contribution in [3.63, 3.8) is 0 Å². The first-order valence-electron chi connectivity index (χ1n) is 9.53. The van der Waals surface area contributed by atoms with Crippen LogP contribution >= 0.6 is 0 Å². The third-order valence-corrected chi connectivity index (χ3v) is 5.44. The van der Waals surface area contributed by atoms with E-state index in [2.05, 4.69) is 9.97 Å². The summed E-state index contributed by atoms with van der Waals surface area (Å²) in [5.41, 5.74) is 0.245. The molecule has 2 fully saturated rings. The maximum absolute atomic E-state index is 12.2. The molecule has 2 saturated heterocycles. The van der Waals surface area contributed by atoms with Crippen LogP contribution in [-0.4, -0.2) is 58.0 Å². The minimum absolute atomic E-state index is 0.164. The Morgan fingerprint density at radius 1 is 1.19 bits per heavy atom. The van der Waals surface area contributed by atoms with Crippen molar-refractivity contribution in [1.29, 1.82) is 0 Å². The number of carbonyl (C=O) groups excluding carboxylic acids is 1. The highest BCUT2D eigenvalue weighted by atomic mass is 16.7. The van der Waals surface area contributed by atoms with Crippen LogP contribution in [-0.2, 0) is 14.0 Å². The number of ether oxygens (including phenoxy) is 1. The lowest BCUT2D eigenvalue weighted by molar-refractivity contribution is 0.00578. The van der Waals surface area contributed by atoms with Crippen molar-refractivity contribution < 1.29 is 18.8 Å². The van der Waals surface area contributed by atoms with E-state index in [1.54, 1.807) is 17.3 Å². The molecule has 3 rings (SSSR count). The molecule has 1 aromatic rings. The van der Waals surface area contributed by atoms with Gasteiger partial charge < -0.3 is 18.9 Å². The maximum Gasteiger partial charge on any atom is 0.516 e. The molecule has 0 radical (unpaired) electrons. The van der Waals surface area contributed by atoms with Gasteiger partial charge in [0.25, 0.3) is 0 Å². The number of likely N-dealkylation sites (tertiary alicyclic amines) is 1. The lowest BCUT2D eigenvalue weighted by atomic mass is 9.85. The van der Waals surface area contributed by atoms with Crippen LogP contribution in [0.5, 0.6) is 0 Å². The molecule has 1 aromatic heterocycles. The molecule has 27 heavy (non-hydrogen) atoms. The van der Waals surface area contributed by atoms with Gasteiger partial charge in [-0.05, 0) is 54.9 Å². The van der Waals surface area contributed by atoms with Crippen LogP contribution in [0.3, 0.4) is 0 Å². The average Bonchev–Trinajstić information content (AvgIpc) is 3.09. The van der Waals surface area contributed by atoms with Gasteiger partial charge in [0.15, 0.2) is 0 Å². The topological polar surface area (TPSA) is 73.8 Å². The lowest BCUT2D eigenvalue weighted by Gasteiger charge is -2.32. The SMILES string of the molecule is CC(C)(C)OC(=O)N1CCC(c2cnc(B3OC(C)(C)C(C)(C)O3)cn2)C1. The van der Waals surface area contributed by atoms with E-state index in [4.69, 9.17) is 14.0 Å². The van der Waals surface area contributed by atoms with Gasteiger partial charge in [-0.3, -0.25) is 9.97 Å². The Kier molecular flexibility index (Phi) is 5.01. The zero-order valence-electron chi connectivity index (χ0n) is 17.4. The number of rotatable bonds is 2. The number of hydrogen-bond acceptors (Lipinski definition) is 6. The summed E-state index contributed by atoms with van der Waals surface area (Å²) in [6, 6.07) is 0. The summed E-state index contributed by atoms with van der Waals surface area (Å²) in [5, 5.41) is 0. The minimum atomic E-state index is -0.515. The van der Waals surface area contributed by atoms with E-state index < -0.39 is 23.9 Å². The van der Waals surface area contributed by atoms with E-state index in [0.717, 1.165) is 12.1 Å². The monoisotopic (exact) mass is 375 g/mol. The predicted octanol–water partition coefficient (Wildman–Crippen LogP) is 2.50. The molecule has 0 spiro atoms. The van der Waals surface area contributed by atoms with Crippen molar-refractivity contribution in [1.82, 2.24) is 14.9 Å². The summed E-state index contributed by atoms with van der Waals surface area (Å²) in [5.74, 6) is 0.164. The summed E-state index contributed by atoms with van der Waals surface area (Å²) in [4.78, 5) is 23.0. The predicted molar refractivity (Wildman–Crippen MR) is 103 cm³/mol. The average molecular weight is 375 g/mol. The van der Waals surface area contributed by atoms with Crippen LogP contribution in [0.2, 0.25) is 0 Å². The molecule has 1 amide bonds. The fourth-order valence-electron chi connectivity index (χ4n) is 3.14. The summed E-state index contributed by atoms with van der Waals surface area (Å²) >= 11 is 0. The largest absolute Gasteiger partial charge is 0.516 e. The zero-order valence-corrected chi connectivity index (χ0v) is 17.4. The first kappa shape index (κ1) is 20.1. The first-order chi connectivity index (χ1) is 12.4. The van der Waals surface area contributed by atoms with E-state index in [0.29, 0.717) is 18.7 Å². The Morgan fingerprint density at radius 3 is 2.33 bits per heavy atom. The van der Waals surface area contributed by atoms with Crippen molar-refractivity contribution in [3.05, 3.63) is 18.1 Å². The van der Waals surface area contributed by atoms with Crippen LogP contribution < -0.4 is 5.59 Å².